The van der Waals surface area contributed by atoms with Crippen molar-refractivity contribution < 1.29 is 0 Å². The summed E-state index contributed by atoms with van der Waals surface area (Å²) in [5.74, 6) is 0. The first-order valence-electron chi connectivity index (χ1n) is 5.79. The van der Waals surface area contributed by atoms with Gasteiger partial charge in [-0.2, -0.15) is 0 Å². The van der Waals surface area contributed by atoms with Crippen molar-refractivity contribution >= 4 is 15.9 Å². The van der Waals surface area contributed by atoms with E-state index in [1.54, 1.807) is 0 Å². The zero-order chi connectivity index (χ0) is 11.6. The van der Waals surface area contributed by atoms with Crippen LogP contribution in [0.5, 0.6) is 0 Å². The fraction of sp³-hybridized carbons (Fsp3) is 0.538. The van der Waals surface area contributed by atoms with Crippen LogP contribution in [0.2, 0.25) is 0 Å². The molecule has 1 aliphatic carbocycles. The zero-order valence-corrected chi connectivity index (χ0v) is 11.5. The molecule has 16 heavy (non-hydrogen) atoms. The highest BCUT2D eigenvalue weighted by atomic mass is 79.9. The number of halogens is 1. The van der Waals surface area contributed by atoms with Crippen LogP contribution in [0, 0.1) is 5.41 Å². The molecular weight excluding hydrogens is 264 g/mol. The van der Waals surface area contributed by atoms with Gasteiger partial charge in [-0.25, -0.2) is 0 Å². The van der Waals surface area contributed by atoms with Crippen LogP contribution in [0.4, 0.5) is 0 Å². The second-order valence-electron chi connectivity index (χ2n) is 4.67. The van der Waals surface area contributed by atoms with Crippen molar-refractivity contribution in [3.8, 4) is 0 Å². The van der Waals surface area contributed by atoms with Crippen molar-refractivity contribution in [1.29, 1.82) is 0 Å². The molecule has 0 radical (unpaired) electrons. The molecule has 1 aliphatic rings. The van der Waals surface area contributed by atoms with E-state index >= 15 is 0 Å². The fourth-order valence-corrected chi connectivity index (χ4v) is 3.01. The predicted molar refractivity (Wildman–Crippen MR) is 71.5 cm³/mol. The highest BCUT2D eigenvalue weighted by molar-refractivity contribution is 9.10. The van der Waals surface area contributed by atoms with Gasteiger partial charge in [0.15, 0.2) is 0 Å². The lowest BCUT2D eigenvalue weighted by atomic mass is 9.90. The fourth-order valence-electron chi connectivity index (χ4n) is 2.59. The maximum absolute atomic E-state index is 3.54. The molecule has 0 aromatic heterocycles. The van der Waals surface area contributed by atoms with E-state index in [9.17, 15) is 0 Å². The van der Waals surface area contributed by atoms with Crippen molar-refractivity contribution in [2.24, 2.45) is 5.41 Å². The van der Waals surface area contributed by atoms with Gasteiger partial charge in [0.1, 0.15) is 0 Å². The normalized spacial score (nSPS) is 19.4. The first-order valence-corrected chi connectivity index (χ1v) is 6.58. The standard InChI is InChI=1S/C13H19BrN2/c1-15-9-13(6-7-13)12(16-2)10-4-3-5-11(14)8-10/h3-5,8,12,15-16H,6-7,9H2,1-2H3. The number of benzene rings is 1. The third-order valence-corrected chi connectivity index (χ3v) is 4.00. The molecule has 2 nitrogen and oxygen atoms in total. The molecule has 0 saturated heterocycles. The maximum Gasteiger partial charge on any atom is 0.0387 e. The SMILES string of the molecule is CNCC1(C(NC)c2cccc(Br)c2)CC1. The van der Waals surface area contributed by atoms with E-state index in [0.717, 1.165) is 11.0 Å². The molecule has 1 atom stereocenters. The van der Waals surface area contributed by atoms with Crippen LogP contribution >= 0.6 is 15.9 Å². The molecule has 0 spiro atoms. The van der Waals surface area contributed by atoms with Gasteiger partial charge >= 0.3 is 0 Å². The molecule has 1 aromatic carbocycles. The van der Waals surface area contributed by atoms with E-state index in [1.165, 1.54) is 18.4 Å². The quantitative estimate of drug-likeness (QED) is 0.868. The first kappa shape index (κ1) is 12.1. The summed E-state index contributed by atoms with van der Waals surface area (Å²) in [6, 6.07) is 9.07. The van der Waals surface area contributed by atoms with E-state index in [2.05, 4.69) is 57.9 Å². The molecule has 88 valence electrons. The summed E-state index contributed by atoms with van der Waals surface area (Å²) < 4.78 is 1.16. The summed E-state index contributed by atoms with van der Waals surface area (Å²) in [6.07, 6.45) is 2.62. The summed E-state index contributed by atoms with van der Waals surface area (Å²) >= 11 is 3.54. The predicted octanol–water partition coefficient (Wildman–Crippen LogP) is 2.71. The highest BCUT2D eigenvalue weighted by Gasteiger charge is 2.48. The Morgan fingerprint density at radius 2 is 2.12 bits per heavy atom. The van der Waals surface area contributed by atoms with Gasteiger partial charge in [-0.05, 0) is 44.6 Å². The van der Waals surface area contributed by atoms with E-state index < -0.39 is 0 Å². The van der Waals surface area contributed by atoms with Crippen LogP contribution in [0.25, 0.3) is 0 Å². The Hall–Kier alpha value is -0.380. The molecule has 0 bridgehead atoms. The molecule has 2 rings (SSSR count). The van der Waals surface area contributed by atoms with Crippen LogP contribution in [0.1, 0.15) is 24.4 Å². The second kappa shape index (κ2) is 4.86. The molecule has 0 aliphatic heterocycles. The zero-order valence-electron chi connectivity index (χ0n) is 9.89. The van der Waals surface area contributed by atoms with Crippen molar-refractivity contribution in [3.05, 3.63) is 34.3 Å². The minimum atomic E-state index is 0.421. The van der Waals surface area contributed by atoms with Crippen LogP contribution in [0.3, 0.4) is 0 Å². The number of hydrogen-bond acceptors (Lipinski definition) is 2. The third-order valence-electron chi connectivity index (χ3n) is 3.50. The number of hydrogen-bond donors (Lipinski definition) is 2. The summed E-state index contributed by atoms with van der Waals surface area (Å²) in [5.41, 5.74) is 1.80. The number of rotatable bonds is 5. The van der Waals surface area contributed by atoms with Gasteiger partial charge in [0, 0.05) is 22.5 Å². The smallest absolute Gasteiger partial charge is 0.0387 e. The van der Waals surface area contributed by atoms with Gasteiger partial charge in [0.25, 0.3) is 0 Å². The van der Waals surface area contributed by atoms with Crippen molar-refractivity contribution in [2.75, 3.05) is 20.6 Å². The van der Waals surface area contributed by atoms with Crippen LogP contribution in [-0.2, 0) is 0 Å². The lowest BCUT2D eigenvalue weighted by molar-refractivity contribution is 0.347. The van der Waals surface area contributed by atoms with E-state index in [-0.39, 0.29) is 0 Å². The molecule has 1 saturated carbocycles. The first-order chi connectivity index (χ1) is 7.72. The lowest BCUT2D eigenvalue weighted by Crippen LogP contribution is -2.33. The summed E-state index contributed by atoms with van der Waals surface area (Å²) in [6.45, 7) is 1.09. The Morgan fingerprint density at radius 1 is 1.38 bits per heavy atom. The Labute approximate surface area is 106 Å². The van der Waals surface area contributed by atoms with Crippen LogP contribution in [0.15, 0.2) is 28.7 Å². The third kappa shape index (κ3) is 2.31. The minimum absolute atomic E-state index is 0.421. The van der Waals surface area contributed by atoms with Crippen molar-refractivity contribution in [3.63, 3.8) is 0 Å². The Morgan fingerprint density at radius 3 is 2.62 bits per heavy atom. The monoisotopic (exact) mass is 282 g/mol. The van der Waals surface area contributed by atoms with Gasteiger partial charge in [0.05, 0.1) is 0 Å². The highest BCUT2D eigenvalue weighted by Crippen LogP contribution is 2.54. The molecular formula is C13H19BrN2. The van der Waals surface area contributed by atoms with Gasteiger partial charge in [-0.1, -0.05) is 28.1 Å². The molecule has 2 N–H and O–H groups in total. The van der Waals surface area contributed by atoms with Gasteiger partial charge in [0.2, 0.25) is 0 Å². The van der Waals surface area contributed by atoms with Crippen molar-refractivity contribution in [1.82, 2.24) is 10.6 Å². The van der Waals surface area contributed by atoms with E-state index in [4.69, 9.17) is 0 Å². The Kier molecular flexibility index (Phi) is 3.67. The average Bonchev–Trinajstić information content (AvgIpc) is 3.00. The van der Waals surface area contributed by atoms with Gasteiger partial charge in [-0.3, -0.25) is 0 Å². The molecule has 1 fully saturated rings. The Balaban J connectivity index is 2.23. The topological polar surface area (TPSA) is 24.1 Å². The number of nitrogens with one attached hydrogen (secondary N) is 2. The van der Waals surface area contributed by atoms with E-state index in [0.29, 0.717) is 11.5 Å². The Bertz CT molecular complexity index is 361. The van der Waals surface area contributed by atoms with Crippen LogP contribution in [-0.4, -0.2) is 20.6 Å². The average molecular weight is 283 g/mol. The second-order valence-corrected chi connectivity index (χ2v) is 5.59. The largest absolute Gasteiger partial charge is 0.319 e. The van der Waals surface area contributed by atoms with E-state index in [1.807, 2.05) is 7.05 Å². The molecule has 1 aromatic rings. The van der Waals surface area contributed by atoms with Gasteiger partial charge in [-0.15, -0.1) is 0 Å². The summed E-state index contributed by atoms with van der Waals surface area (Å²) in [4.78, 5) is 0. The molecule has 3 heteroatoms. The van der Waals surface area contributed by atoms with Crippen molar-refractivity contribution in [2.45, 2.75) is 18.9 Å². The van der Waals surface area contributed by atoms with Crippen LogP contribution < -0.4 is 10.6 Å². The van der Waals surface area contributed by atoms with Gasteiger partial charge < -0.3 is 10.6 Å². The lowest BCUT2D eigenvalue weighted by Gasteiger charge is -2.27. The molecule has 0 heterocycles. The summed E-state index contributed by atoms with van der Waals surface area (Å²) in [5, 5.41) is 6.79. The molecule has 0 amide bonds. The molecule has 1 unspecified atom stereocenters. The summed E-state index contributed by atoms with van der Waals surface area (Å²) in [7, 11) is 4.09. The minimum Gasteiger partial charge on any atom is -0.319 e. The maximum atomic E-state index is 3.54.